The van der Waals surface area contributed by atoms with Gasteiger partial charge in [0.2, 0.25) is 0 Å². The molecule has 0 atom stereocenters. The zero-order chi connectivity index (χ0) is 14.8. The van der Waals surface area contributed by atoms with Gasteiger partial charge >= 0.3 is 0 Å². The number of nitrogens with one attached hydrogen (secondary N) is 1. The number of pyridine rings is 2. The first-order chi connectivity index (χ1) is 10.2. The Bertz CT molecular complexity index is 819. The van der Waals surface area contributed by atoms with E-state index in [9.17, 15) is 0 Å². The fraction of sp³-hybridized carbons (Fsp3) is 0. The minimum atomic E-state index is 0.472. The molecule has 3 rings (SSSR count). The molecule has 0 aliphatic rings. The molecule has 3 aromatic rings. The first kappa shape index (κ1) is 12.9. The van der Waals surface area contributed by atoms with Crippen LogP contribution in [0.5, 0.6) is 0 Å². The number of nitrogens with zero attached hydrogens (tertiary/aromatic N) is 3. The maximum atomic E-state index is 5.72. The number of nitrogens with two attached hydrogens (primary N) is 3. The molecule has 0 aromatic carbocycles. The Morgan fingerprint density at radius 2 is 2.14 bits per heavy atom. The van der Waals surface area contributed by atoms with Gasteiger partial charge in [0.05, 0.1) is 23.3 Å². The minimum Gasteiger partial charge on any atom is -0.403 e. The van der Waals surface area contributed by atoms with Gasteiger partial charge in [0.25, 0.3) is 0 Å². The summed E-state index contributed by atoms with van der Waals surface area (Å²) in [6.07, 6.45) is 5.05. The molecule has 0 aliphatic carbocycles. The molecule has 0 aliphatic heterocycles. The first-order valence-electron chi connectivity index (χ1n) is 6.32. The van der Waals surface area contributed by atoms with Crippen LogP contribution in [0.2, 0.25) is 0 Å². The molecule has 0 fully saturated rings. The zero-order valence-corrected chi connectivity index (χ0v) is 11.2. The van der Waals surface area contributed by atoms with Crippen LogP contribution in [0.4, 0.5) is 5.82 Å². The molecule has 7 nitrogen and oxygen atoms in total. The Kier molecular flexibility index (Phi) is 3.17. The Balaban J connectivity index is 2.12. The molecular formula is C14H15N7. The standard InChI is InChI=1S/C14H15N7/c15-7-11(20-17)9-4-5-21-12(8-18-14(21)6-9)10-2-1-3-13(16)19-10/h1-8,20H,15,17H2,(H2,16,19)/b11-7-. The van der Waals surface area contributed by atoms with Gasteiger partial charge in [-0.05, 0) is 24.3 Å². The molecular weight excluding hydrogens is 266 g/mol. The number of hydrogen-bond donors (Lipinski definition) is 4. The van der Waals surface area contributed by atoms with Gasteiger partial charge < -0.3 is 16.9 Å². The quantitative estimate of drug-likeness (QED) is 0.414. The van der Waals surface area contributed by atoms with Crippen LogP contribution in [0, 0.1) is 0 Å². The fourth-order valence-electron chi connectivity index (χ4n) is 2.16. The second kappa shape index (κ2) is 5.14. The summed E-state index contributed by atoms with van der Waals surface area (Å²) < 4.78 is 1.93. The van der Waals surface area contributed by atoms with Gasteiger partial charge in [0, 0.05) is 18.0 Å². The summed E-state index contributed by atoms with van der Waals surface area (Å²) in [5.74, 6) is 5.89. The van der Waals surface area contributed by atoms with Gasteiger partial charge in [-0.25, -0.2) is 9.97 Å². The highest BCUT2D eigenvalue weighted by molar-refractivity contribution is 5.69. The summed E-state index contributed by atoms with van der Waals surface area (Å²) in [5, 5.41) is 0. The SMILES string of the molecule is N/C=C(\NN)c1ccn2c(-c3cccc(N)n3)cnc2c1. The lowest BCUT2D eigenvalue weighted by Crippen LogP contribution is -2.21. The van der Waals surface area contributed by atoms with E-state index in [1.807, 2.05) is 34.9 Å². The van der Waals surface area contributed by atoms with Crippen molar-refractivity contribution in [1.29, 1.82) is 0 Å². The third-order valence-electron chi connectivity index (χ3n) is 3.18. The Labute approximate surface area is 121 Å². The molecule has 0 saturated carbocycles. The molecule has 3 aromatic heterocycles. The number of imidazole rings is 1. The number of hydrogen-bond acceptors (Lipinski definition) is 6. The maximum Gasteiger partial charge on any atom is 0.137 e. The van der Waals surface area contributed by atoms with E-state index in [0.29, 0.717) is 11.5 Å². The van der Waals surface area contributed by atoms with Crippen LogP contribution in [0.3, 0.4) is 0 Å². The summed E-state index contributed by atoms with van der Waals surface area (Å²) in [7, 11) is 0. The number of rotatable bonds is 3. The van der Waals surface area contributed by atoms with E-state index in [-0.39, 0.29) is 0 Å². The van der Waals surface area contributed by atoms with Crippen molar-refractivity contribution in [1.82, 2.24) is 19.8 Å². The molecule has 0 spiro atoms. The maximum absolute atomic E-state index is 5.72. The molecule has 3 heterocycles. The van der Waals surface area contributed by atoms with Crippen molar-refractivity contribution in [3.05, 3.63) is 54.5 Å². The van der Waals surface area contributed by atoms with Crippen LogP contribution in [-0.2, 0) is 0 Å². The van der Waals surface area contributed by atoms with E-state index >= 15 is 0 Å². The van der Waals surface area contributed by atoms with Crippen LogP contribution in [0.25, 0.3) is 22.7 Å². The Morgan fingerprint density at radius 1 is 1.29 bits per heavy atom. The lowest BCUT2D eigenvalue weighted by Gasteiger charge is -2.07. The van der Waals surface area contributed by atoms with Crippen molar-refractivity contribution in [3.8, 4) is 11.4 Å². The molecule has 0 amide bonds. The van der Waals surface area contributed by atoms with Gasteiger partial charge in [0.1, 0.15) is 11.5 Å². The monoisotopic (exact) mass is 281 g/mol. The van der Waals surface area contributed by atoms with Crippen LogP contribution in [-0.4, -0.2) is 14.4 Å². The third kappa shape index (κ3) is 2.26. The van der Waals surface area contributed by atoms with Crippen LogP contribution in [0.1, 0.15) is 5.56 Å². The van der Waals surface area contributed by atoms with Crippen LogP contribution < -0.4 is 22.7 Å². The Morgan fingerprint density at radius 3 is 2.86 bits per heavy atom. The third-order valence-corrected chi connectivity index (χ3v) is 3.18. The molecule has 7 N–H and O–H groups in total. The highest BCUT2D eigenvalue weighted by Gasteiger charge is 2.09. The number of fused-ring (bicyclic) bond motifs is 1. The molecule has 0 saturated heterocycles. The Hall–Kier alpha value is -3.06. The van der Waals surface area contributed by atoms with E-state index < -0.39 is 0 Å². The predicted molar refractivity (Wildman–Crippen MR) is 82.3 cm³/mol. The van der Waals surface area contributed by atoms with Gasteiger partial charge in [-0.2, -0.15) is 0 Å². The molecule has 0 radical (unpaired) electrons. The molecule has 106 valence electrons. The van der Waals surface area contributed by atoms with Crippen LogP contribution >= 0.6 is 0 Å². The van der Waals surface area contributed by atoms with Crippen molar-refractivity contribution in [3.63, 3.8) is 0 Å². The normalized spacial score (nSPS) is 11.8. The lowest BCUT2D eigenvalue weighted by molar-refractivity contribution is 0.986. The van der Waals surface area contributed by atoms with Crippen molar-refractivity contribution in [2.24, 2.45) is 11.6 Å². The highest BCUT2D eigenvalue weighted by Crippen LogP contribution is 2.21. The number of nitrogen functional groups attached to an aromatic ring is 1. The van der Waals surface area contributed by atoms with Crippen molar-refractivity contribution in [2.45, 2.75) is 0 Å². The zero-order valence-electron chi connectivity index (χ0n) is 11.2. The smallest absolute Gasteiger partial charge is 0.137 e. The second-order valence-corrected chi connectivity index (χ2v) is 4.46. The summed E-state index contributed by atoms with van der Waals surface area (Å²) in [6.45, 7) is 0. The molecule has 0 unspecified atom stereocenters. The van der Waals surface area contributed by atoms with E-state index in [0.717, 1.165) is 22.6 Å². The van der Waals surface area contributed by atoms with Crippen molar-refractivity contribution < 1.29 is 0 Å². The molecule has 7 heteroatoms. The van der Waals surface area contributed by atoms with Gasteiger partial charge in [-0.15, -0.1) is 0 Å². The van der Waals surface area contributed by atoms with Gasteiger partial charge in [-0.3, -0.25) is 10.2 Å². The predicted octanol–water partition coefficient (Wildman–Crippen LogP) is 0.699. The van der Waals surface area contributed by atoms with E-state index in [1.54, 1.807) is 12.3 Å². The van der Waals surface area contributed by atoms with E-state index in [2.05, 4.69) is 15.4 Å². The number of aromatic nitrogens is 3. The average Bonchev–Trinajstić information content (AvgIpc) is 2.92. The van der Waals surface area contributed by atoms with Crippen LogP contribution in [0.15, 0.2) is 48.9 Å². The molecule has 21 heavy (non-hydrogen) atoms. The average molecular weight is 281 g/mol. The minimum absolute atomic E-state index is 0.472. The largest absolute Gasteiger partial charge is 0.403 e. The second-order valence-electron chi connectivity index (χ2n) is 4.46. The number of hydrazine groups is 1. The summed E-state index contributed by atoms with van der Waals surface area (Å²) in [6, 6.07) is 9.27. The van der Waals surface area contributed by atoms with Gasteiger partial charge in [0.15, 0.2) is 0 Å². The van der Waals surface area contributed by atoms with Gasteiger partial charge in [-0.1, -0.05) is 6.07 Å². The summed E-state index contributed by atoms with van der Waals surface area (Å²) >= 11 is 0. The number of anilines is 1. The summed E-state index contributed by atoms with van der Waals surface area (Å²) in [5.41, 5.74) is 17.7. The topological polar surface area (TPSA) is 120 Å². The van der Waals surface area contributed by atoms with E-state index in [4.69, 9.17) is 17.3 Å². The van der Waals surface area contributed by atoms with E-state index in [1.165, 1.54) is 6.20 Å². The molecule has 0 bridgehead atoms. The van der Waals surface area contributed by atoms with Crippen molar-refractivity contribution in [2.75, 3.05) is 5.73 Å². The first-order valence-corrected chi connectivity index (χ1v) is 6.32. The fourth-order valence-corrected chi connectivity index (χ4v) is 2.16. The highest BCUT2D eigenvalue weighted by atomic mass is 15.2. The van der Waals surface area contributed by atoms with Crippen molar-refractivity contribution >= 4 is 17.2 Å². The lowest BCUT2D eigenvalue weighted by atomic mass is 10.2. The summed E-state index contributed by atoms with van der Waals surface area (Å²) in [4.78, 5) is 8.69.